The summed E-state index contributed by atoms with van der Waals surface area (Å²) in [6.07, 6.45) is 1.35. The minimum absolute atomic E-state index is 0.151. The summed E-state index contributed by atoms with van der Waals surface area (Å²) in [6, 6.07) is 0. The second-order valence-corrected chi connectivity index (χ2v) is 7.91. The van der Waals surface area contributed by atoms with Crippen LogP contribution in [0.1, 0.15) is 46.7 Å². The number of nitrogens with one attached hydrogen (secondary N) is 1. The molecule has 1 aromatic heterocycles. The van der Waals surface area contributed by atoms with Gasteiger partial charge in [-0.1, -0.05) is 13.8 Å². The normalized spacial score (nSPS) is 24.8. The molecule has 0 aliphatic carbocycles. The molecule has 2 unspecified atom stereocenters. The van der Waals surface area contributed by atoms with Crippen LogP contribution in [-0.4, -0.2) is 23.6 Å². The van der Waals surface area contributed by atoms with E-state index >= 15 is 0 Å². The fourth-order valence-electron chi connectivity index (χ4n) is 2.70. The van der Waals surface area contributed by atoms with Gasteiger partial charge in [0.15, 0.2) is 5.13 Å². The molecule has 1 aliphatic rings. The summed E-state index contributed by atoms with van der Waals surface area (Å²) in [5, 5.41) is 6.89. The molecule has 2 heterocycles. The molecule has 2 rings (SSSR count). The van der Waals surface area contributed by atoms with E-state index in [0.717, 1.165) is 31.5 Å². The minimum Gasteiger partial charge on any atom is -0.348 e. The monoisotopic (exact) mass is 281 g/mol. The number of hydrogen-bond acceptors (Lipinski definition) is 4. The standard InChI is InChI=1S/C15H27N3S/c1-11-6-12(2)9-18(8-11)14-17-13(10-19-14)7-16-15(3,4)5/h10-12,16H,6-9H2,1-5H3. The van der Waals surface area contributed by atoms with Gasteiger partial charge in [0.25, 0.3) is 0 Å². The molecule has 1 N–H and O–H groups in total. The second-order valence-electron chi connectivity index (χ2n) is 7.08. The lowest BCUT2D eigenvalue weighted by Crippen LogP contribution is -2.38. The zero-order valence-electron chi connectivity index (χ0n) is 12.9. The quantitative estimate of drug-likeness (QED) is 0.919. The smallest absolute Gasteiger partial charge is 0.185 e. The Kier molecular flexibility index (Phi) is 4.51. The highest BCUT2D eigenvalue weighted by Gasteiger charge is 2.23. The third kappa shape index (κ3) is 4.46. The van der Waals surface area contributed by atoms with E-state index in [1.807, 2.05) is 0 Å². The van der Waals surface area contributed by atoms with Gasteiger partial charge in [-0.15, -0.1) is 11.3 Å². The number of hydrogen-bond donors (Lipinski definition) is 1. The van der Waals surface area contributed by atoms with Crippen LogP contribution in [0.5, 0.6) is 0 Å². The van der Waals surface area contributed by atoms with Crippen molar-refractivity contribution >= 4 is 16.5 Å². The molecular formula is C15H27N3S. The van der Waals surface area contributed by atoms with Crippen LogP contribution in [0.25, 0.3) is 0 Å². The first-order valence-electron chi connectivity index (χ1n) is 7.28. The van der Waals surface area contributed by atoms with Crippen molar-refractivity contribution in [2.24, 2.45) is 11.8 Å². The number of aromatic nitrogens is 1. The average Bonchev–Trinajstić information content (AvgIpc) is 2.72. The molecule has 0 saturated carbocycles. The number of piperidine rings is 1. The molecular weight excluding hydrogens is 254 g/mol. The van der Waals surface area contributed by atoms with Gasteiger partial charge >= 0.3 is 0 Å². The Morgan fingerprint density at radius 2 is 1.95 bits per heavy atom. The first kappa shape index (κ1) is 14.8. The Labute approximate surface area is 121 Å². The van der Waals surface area contributed by atoms with Crippen molar-refractivity contribution in [2.45, 2.75) is 53.1 Å². The number of thiazole rings is 1. The molecule has 0 spiro atoms. The molecule has 1 saturated heterocycles. The van der Waals surface area contributed by atoms with Crippen LogP contribution < -0.4 is 10.2 Å². The SMILES string of the molecule is CC1CC(C)CN(c2nc(CNC(C)(C)C)cs2)C1. The van der Waals surface area contributed by atoms with Gasteiger partial charge in [-0.05, 0) is 39.0 Å². The summed E-state index contributed by atoms with van der Waals surface area (Å²) in [6.45, 7) is 14.4. The zero-order valence-corrected chi connectivity index (χ0v) is 13.7. The summed E-state index contributed by atoms with van der Waals surface area (Å²) in [4.78, 5) is 7.25. The lowest BCUT2D eigenvalue weighted by Gasteiger charge is -2.34. The highest BCUT2D eigenvalue weighted by molar-refractivity contribution is 7.13. The minimum atomic E-state index is 0.151. The fourth-order valence-corrected chi connectivity index (χ4v) is 3.54. The van der Waals surface area contributed by atoms with E-state index in [9.17, 15) is 0 Å². The highest BCUT2D eigenvalue weighted by Crippen LogP contribution is 2.28. The largest absolute Gasteiger partial charge is 0.348 e. The van der Waals surface area contributed by atoms with Gasteiger partial charge in [0, 0.05) is 30.6 Å². The Balaban J connectivity index is 1.96. The molecule has 1 aliphatic heterocycles. The van der Waals surface area contributed by atoms with Crippen molar-refractivity contribution < 1.29 is 0 Å². The van der Waals surface area contributed by atoms with Crippen LogP contribution in [0.4, 0.5) is 5.13 Å². The molecule has 0 amide bonds. The Morgan fingerprint density at radius 1 is 1.32 bits per heavy atom. The maximum absolute atomic E-state index is 4.79. The predicted octanol–water partition coefficient (Wildman–Crippen LogP) is 3.51. The van der Waals surface area contributed by atoms with Gasteiger partial charge < -0.3 is 10.2 Å². The molecule has 1 aromatic rings. The van der Waals surface area contributed by atoms with Crippen molar-refractivity contribution in [3.8, 4) is 0 Å². The predicted molar refractivity (Wildman–Crippen MR) is 83.9 cm³/mol. The summed E-state index contributed by atoms with van der Waals surface area (Å²) in [7, 11) is 0. The molecule has 1 fully saturated rings. The van der Waals surface area contributed by atoms with E-state index in [2.05, 4.69) is 50.2 Å². The summed E-state index contributed by atoms with van der Waals surface area (Å²) >= 11 is 1.79. The van der Waals surface area contributed by atoms with E-state index in [0.29, 0.717) is 0 Å². The first-order valence-corrected chi connectivity index (χ1v) is 8.16. The molecule has 4 heteroatoms. The van der Waals surface area contributed by atoms with Crippen LogP contribution in [0.2, 0.25) is 0 Å². The van der Waals surface area contributed by atoms with Crippen molar-refractivity contribution in [3.05, 3.63) is 11.1 Å². The van der Waals surface area contributed by atoms with E-state index < -0.39 is 0 Å². The lowest BCUT2D eigenvalue weighted by molar-refractivity contribution is 0.356. The molecule has 0 radical (unpaired) electrons. The third-order valence-electron chi connectivity index (χ3n) is 3.48. The van der Waals surface area contributed by atoms with Gasteiger partial charge in [0.05, 0.1) is 5.69 Å². The van der Waals surface area contributed by atoms with Crippen molar-refractivity contribution in [2.75, 3.05) is 18.0 Å². The van der Waals surface area contributed by atoms with E-state index in [1.54, 1.807) is 11.3 Å². The van der Waals surface area contributed by atoms with Gasteiger partial charge in [0.1, 0.15) is 0 Å². The van der Waals surface area contributed by atoms with Gasteiger partial charge in [-0.2, -0.15) is 0 Å². The highest BCUT2D eigenvalue weighted by atomic mass is 32.1. The topological polar surface area (TPSA) is 28.2 Å². The molecule has 0 bridgehead atoms. The second kappa shape index (κ2) is 5.80. The van der Waals surface area contributed by atoms with Crippen LogP contribution >= 0.6 is 11.3 Å². The average molecular weight is 281 g/mol. The zero-order chi connectivity index (χ0) is 14.0. The van der Waals surface area contributed by atoms with E-state index in [1.165, 1.54) is 17.2 Å². The lowest BCUT2D eigenvalue weighted by atomic mass is 9.92. The van der Waals surface area contributed by atoms with Gasteiger partial charge in [-0.25, -0.2) is 4.98 Å². The fraction of sp³-hybridized carbons (Fsp3) is 0.800. The first-order chi connectivity index (χ1) is 8.83. The third-order valence-corrected chi connectivity index (χ3v) is 4.43. The Hall–Kier alpha value is -0.610. The molecule has 2 atom stereocenters. The van der Waals surface area contributed by atoms with Crippen molar-refractivity contribution in [1.82, 2.24) is 10.3 Å². The van der Waals surface area contributed by atoms with Crippen LogP contribution in [0.3, 0.4) is 0 Å². The maximum atomic E-state index is 4.79. The van der Waals surface area contributed by atoms with Crippen molar-refractivity contribution in [3.63, 3.8) is 0 Å². The van der Waals surface area contributed by atoms with E-state index in [4.69, 9.17) is 4.98 Å². The maximum Gasteiger partial charge on any atom is 0.185 e. The summed E-state index contributed by atoms with van der Waals surface area (Å²) in [5.74, 6) is 1.56. The van der Waals surface area contributed by atoms with Crippen LogP contribution in [0.15, 0.2) is 5.38 Å². The molecule has 108 valence electrons. The summed E-state index contributed by atoms with van der Waals surface area (Å²) < 4.78 is 0. The van der Waals surface area contributed by atoms with Crippen LogP contribution in [-0.2, 0) is 6.54 Å². The molecule has 0 aromatic carbocycles. The number of rotatable bonds is 3. The summed E-state index contributed by atoms with van der Waals surface area (Å²) in [5.41, 5.74) is 1.32. The molecule has 19 heavy (non-hydrogen) atoms. The van der Waals surface area contributed by atoms with Crippen LogP contribution in [0, 0.1) is 11.8 Å². The molecule has 3 nitrogen and oxygen atoms in total. The Bertz CT molecular complexity index is 398. The van der Waals surface area contributed by atoms with Gasteiger partial charge in [-0.3, -0.25) is 0 Å². The number of nitrogens with zero attached hydrogens (tertiary/aromatic N) is 2. The van der Waals surface area contributed by atoms with E-state index in [-0.39, 0.29) is 5.54 Å². The Morgan fingerprint density at radius 3 is 2.53 bits per heavy atom. The van der Waals surface area contributed by atoms with Gasteiger partial charge in [0.2, 0.25) is 0 Å². The number of anilines is 1. The van der Waals surface area contributed by atoms with Crippen molar-refractivity contribution in [1.29, 1.82) is 0 Å².